The van der Waals surface area contributed by atoms with E-state index in [0.717, 1.165) is 0 Å². The molecule has 0 amide bonds. The number of benzene rings is 1. The maximum Gasteiger partial charge on any atom is 0.327 e. The molecule has 0 fully saturated rings. The van der Waals surface area contributed by atoms with Crippen molar-refractivity contribution in [2.45, 2.75) is 18.4 Å². The molecule has 1 aromatic rings. The van der Waals surface area contributed by atoms with Crippen LogP contribution in [0.1, 0.15) is 18.6 Å². The summed E-state index contributed by atoms with van der Waals surface area (Å²) in [7, 11) is 0. The molecule has 0 heterocycles. The van der Waals surface area contributed by atoms with Crippen LogP contribution in [-0.4, -0.2) is 23.1 Å². The Bertz CT molecular complexity index is 313. The molecule has 1 aromatic carbocycles. The third kappa shape index (κ3) is 3.22. The van der Waals surface area contributed by atoms with Crippen molar-refractivity contribution >= 4 is 17.6 Å². The number of carbonyl (C=O) groups excluding carboxylic acids is 1. The first kappa shape index (κ1) is 12.0. The second-order valence-electron chi connectivity index (χ2n) is 3.01. The van der Waals surface area contributed by atoms with Gasteiger partial charge in [-0.25, -0.2) is 0 Å². The van der Waals surface area contributed by atoms with E-state index in [1.807, 2.05) is 6.07 Å². The van der Waals surface area contributed by atoms with Crippen LogP contribution in [0.2, 0.25) is 0 Å². The third-order valence-electron chi connectivity index (χ3n) is 1.93. The van der Waals surface area contributed by atoms with Crippen LogP contribution in [0.15, 0.2) is 30.3 Å². The van der Waals surface area contributed by atoms with Crippen molar-refractivity contribution < 1.29 is 14.6 Å². The molecule has 0 spiro atoms. The molecule has 0 radical (unpaired) electrons. The molecule has 0 saturated carbocycles. The third-order valence-corrected chi connectivity index (χ3v) is 2.35. The van der Waals surface area contributed by atoms with Gasteiger partial charge in [-0.1, -0.05) is 30.3 Å². The molecule has 1 rings (SSSR count). The molecule has 0 aromatic heterocycles. The Balaban J connectivity index is 2.68. The first-order valence-electron chi connectivity index (χ1n) is 4.70. The van der Waals surface area contributed by atoms with Crippen molar-refractivity contribution in [1.82, 2.24) is 0 Å². The highest BCUT2D eigenvalue weighted by Crippen LogP contribution is 2.21. The van der Waals surface area contributed by atoms with E-state index in [9.17, 15) is 9.90 Å². The van der Waals surface area contributed by atoms with Crippen molar-refractivity contribution in [2.24, 2.45) is 0 Å². The topological polar surface area (TPSA) is 46.5 Å². The van der Waals surface area contributed by atoms with E-state index in [1.54, 1.807) is 31.2 Å². The fourth-order valence-corrected chi connectivity index (χ4v) is 1.38. The van der Waals surface area contributed by atoms with Crippen molar-refractivity contribution in [2.75, 3.05) is 6.61 Å². The predicted molar refractivity (Wildman–Crippen MR) is 57.7 cm³/mol. The van der Waals surface area contributed by atoms with Gasteiger partial charge in [0, 0.05) is 0 Å². The number of alkyl halides is 1. The summed E-state index contributed by atoms with van der Waals surface area (Å²) in [6, 6.07) is 8.78. The Kier molecular flexibility index (Phi) is 4.59. The second kappa shape index (κ2) is 5.73. The van der Waals surface area contributed by atoms with Gasteiger partial charge in [-0.3, -0.25) is 4.79 Å². The quantitative estimate of drug-likeness (QED) is 0.632. The number of carbonyl (C=O) groups is 1. The average Bonchev–Trinajstić information content (AvgIpc) is 2.28. The molecule has 2 atom stereocenters. The lowest BCUT2D eigenvalue weighted by molar-refractivity contribution is -0.144. The second-order valence-corrected chi connectivity index (χ2v) is 3.48. The van der Waals surface area contributed by atoms with Crippen LogP contribution in [0.3, 0.4) is 0 Å². The minimum atomic E-state index is -1.06. The molecule has 0 aliphatic heterocycles. The number of aliphatic hydroxyl groups excluding tert-OH is 1. The van der Waals surface area contributed by atoms with E-state index in [2.05, 4.69) is 0 Å². The Morgan fingerprint density at radius 3 is 2.60 bits per heavy atom. The van der Waals surface area contributed by atoms with Crippen molar-refractivity contribution in [3.63, 3.8) is 0 Å². The van der Waals surface area contributed by atoms with Gasteiger partial charge in [0.15, 0.2) is 5.38 Å². The lowest BCUT2D eigenvalue weighted by Crippen LogP contribution is -2.25. The van der Waals surface area contributed by atoms with Crippen LogP contribution in [0.5, 0.6) is 0 Å². The maximum absolute atomic E-state index is 11.2. The van der Waals surface area contributed by atoms with Gasteiger partial charge >= 0.3 is 5.97 Å². The molecule has 1 N–H and O–H groups in total. The largest absolute Gasteiger partial charge is 0.465 e. The smallest absolute Gasteiger partial charge is 0.327 e. The van der Waals surface area contributed by atoms with E-state index in [-0.39, 0.29) is 6.61 Å². The van der Waals surface area contributed by atoms with E-state index in [4.69, 9.17) is 16.3 Å². The number of esters is 1. The summed E-state index contributed by atoms with van der Waals surface area (Å²) in [5.41, 5.74) is 0.602. The number of hydrogen-bond acceptors (Lipinski definition) is 3. The number of halogens is 1. The van der Waals surface area contributed by atoms with Gasteiger partial charge in [0.05, 0.1) is 6.61 Å². The number of ether oxygens (including phenoxy) is 1. The van der Waals surface area contributed by atoms with Crippen molar-refractivity contribution in [1.29, 1.82) is 0 Å². The van der Waals surface area contributed by atoms with Crippen LogP contribution in [0.25, 0.3) is 0 Å². The normalized spacial score (nSPS) is 14.3. The molecule has 4 heteroatoms. The summed E-state index contributed by atoms with van der Waals surface area (Å²) in [5, 5.41) is 8.69. The summed E-state index contributed by atoms with van der Waals surface area (Å²) in [5.74, 6) is -0.601. The van der Waals surface area contributed by atoms with Gasteiger partial charge in [-0.2, -0.15) is 0 Å². The molecule has 0 aliphatic carbocycles. The molecule has 0 saturated heterocycles. The summed E-state index contributed by atoms with van der Waals surface area (Å²) < 4.78 is 4.72. The number of aliphatic hydroxyl groups is 1. The summed E-state index contributed by atoms with van der Waals surface area (Å²) >= 11 is 5.77. The molecule has 0 bridgehead atoms. The van der Waals surface area contributed by atoms with Crippen LogP contribution < -0.4 is 0 Å². The van der Waals surface area contributed by atoms with E-state index in [0.29, 0.717) is 5.56 Å². The Morgan fingerprint density at radius 2 is 2.07 bits per heavy atom. The summed E-state index contributed by atoms with van der Waals surface area (Å²) in [4.78, 5) is 11.2. The predicted octanol–water partition coefficient (Wildman–Crippen LogP) is 1.89. The van der Waals surface area contributed by atoms with Crippen LogP contribution in [0, 0.1) is 0 Å². The minimum Gasteiger partial charge on any atom is -0.465 e. The van der Waals surface area contributed by atoms with Gasteiger partial charge in [-0.05, 0) is 12.5 Å². The van der Waals surface area contributed by atoms with Gasteiger partial charge < -0.3 is 9.84 Å². The highest BCUT2D eigenvalue weighted by atomic mass is 35.5. The monoisotopic (exact) mass is 228 g/mol. The molecule has 82 valence electrons. The highest BCUT2D eigenvalue weighted by molar-refractivity contribution is 6.30. The van der Waals surface area contributed by atoms with Crippen molar-refractivity contribution in [3.05, 3.63) is 35.9 Å². The fraction of sp³-hybridized carbons (Fsp3) is 0.364. The zero-order valence-electron chi connectivity index (χ0n) is 8.39. The fourth-order valence-electron chi connectivity index (χ4n) is 1.17. The first-order chi connectivity index (χ1) is 7.16. The van der Waals surface area contributed by atoms with Crippen LogP contribution in [-0.2, 0) is 9.53 Å². The molecule has 0 unspecified atom stereocenters. The van der Waals surface area contributed by atoms with E-state index >= 15 is 0 Å². The van der Waals surface area contributed by atoms with Gasteiger partial charge in [0.2, 0.25) is 0 Å². The van der Waals surface area contributed by atoms with Gasteiger partial charge in [-0.15, -0.1) is 11.6 Å². The Labute approximate surface area is 93.6 Å². The maximum atomic E-state index is 11.2. The van der Waals surface area contributed by atoms with E-state index < -0.39 is 17.5 Å². The lowest BCUT2D eigenvalue weighted by atomic mass is 10.1. The van der Waals surface area contributed by atoms with Crippen LogP contribution in [0.4, 0.5) is 0 Å². The lowest BCUT2D eigenvalue weighted by Gasteiger charge is -2.15. The summed E-state index contributed by atoms with van der Waals surface area (Å²) in [6.07, 6.45) is -1.04. The number of rotatable bonds is 4. The van der Waals surface area contributed by atoms with Gasteiger partial charge in [0.25, 0.3) is 0 Å². The molecule has 0 aliphatic rings. The van der Waals surface area contributed by atoms with E-state index in [1.165, 1.54) is 0 Å². The average molecular weight is 229 g/mol. The SMILES string of the molecule is CCOC(=O)[C@@H](Cl)[C@@H](O)c1ccccc1. The van der Waals surface area contributed by atoms with Crippen molar-refractivity contribution in [3.8, 4) is 0 Å². The zero-order chi connectivity index (χ0) is 11.3. The molecule has 3 nitrogen and oxygen atoms in total. The first-order valence-corrected chi connectivity index (χ1v) is 5.14. The van der Waals surface area contributed by atoms with Crippen LogP contribution >= 0.6 is 11.6 Å². The highest BCUT2D eigenvalue weighted by Gasteiger charge is 2.26. The molecular weight excluding hydrogens is 216 g/mol. The molecular formula is C11H13ClO3. The Morgan fingerprint density at radius 1 is 1.47 bits per heavy atom. The standard InChI is InChI=1S/C11H13ClO3/c1-2-15-11(14)9(12)10(13)8-6-4-3-5-7-8/h3-7,9-10,13H,2H2,1H3/t9-,10-/m0/s1. The Hall–Kier alpha value is -1.06. The number of hydrogen-bond donors (Lipinski definition) is 1. The zero-order valence-corrected chi connectivity index (χ0v) is 9.15. The minimum absolute atomic E-state index is 0.254. The summed E-state index contributed by atoms with van der Waals surface area (Å²) in [6.45, 7) is 1.94. The van der Waals surface area contributed by atoms with Gasteiger partial charge in [0.1, 0.15) is 6.10 Å². The molecule has 15 heavy (non-hydrogen) atoms.